The monoisotopic (exact) mass is 410 g/mol. The summed E-state index contributed by atoms with van der Waals surface area (Å²) < 4.78 is 34.2. The van der Waals surface area contributed by atoms with Gasteiger partial charge in [0.2, 0.25) is 0 Å². The number of hydrogen-bond donors (Lipinski definition) is 3. The Morgan fingerprint density at radius 2 is 1.50 bits per heavy atom. The Balaban J connectivity index is 0.000000230. The number of carboxylic acid groups (broad SMARTS) is 2. The Bertz CT molecular complexity index is 880. The minimum Gasteiger partial charge on any atom is -0.478 e. The highest BCUT2D eigenvalue weighted by atomic mass is 32.2. The molecule has 28 heavy (non-hydrogen) atoms. The van der Waals surface area contributed by atoms with E-state index in [2.05, 4.69) is 0 Å². The van der Waals surface area contributed by atoms with E-state index in [1.54, 1.807) is 25.1 Å². The fourth-order valence-corrected chi connectivity index (χ4v) is 2.59. The van der Waals surface area contributed by atoms with Crippen molar-refractivity contribution in [3.8, 4) is 0 Å². The zero-order valence-electron chi connectivity index (χ0n) is 15.2. The van der Waals surface area contributed by atoms with E-state index in [-0.39, 0.29) is 16.0 Å². The fraction of sp³-hybridized carbons (Fsp3) is 0.263. The zero-order valence-corrected chi connectivity index (χ0v) is 16.1. The van der Waals surface area contributed by atoms with Crippen molar-refractivity contribution in [2.24, 2.45) is 0 Å². The summed E-state index contributed by atoms with van der Waals surface area (Å²) in [5.74, 6) is -2.23. The molecule has 0 bridgehead atoms. The average Bonchev–Trinajstić information content (AvgIpc) is 3.22. The van der Waals surface area contributed by atoms with Crippen LogP contribution in [0.5, 0.6) is 0 Å². The first-order valence-corrected chi connectivity index (χ1v) is 9.74. The molecule has 1 fully saturated rings. The van der Waals surface area contributed by atoms with Gasteiger partial charge in [-0.1, -0.05) is 24.3 Å². The second-order valence-corrected chi connectivity index (χ2v) is 7.17. The molecule has 8 nitrogen and oxygen atoms in total. The summed E-state index contributed by atoms with van der Waals surface area (Å²) in [7, 11) is -4.00. The largest absolute Gasteiger partial charge is 0.478 e. The van der Waals surface area contributed by atoms with Gasteiger partial charge in [0.05, 0.1) is 16.0 Å². The molecule has 1 saturated heterocycles. The standard InChI is InChI=1S/C9H8O4.C6H6O3S.C4H8O/c1-5-2-3-6(8(10)11)4-7(5)9(12)13;7-10(8,9)6-4-2-1-3-5-6;1-2-4-5-3-1/h2-4H,1H3,(H,10,11)(H,12,13);1-5H,(H,7,8,9);1-4H2. The molecule has 1 aliphatic heterocycles. The Kier molecular flexibility index (Phi) is 9.29. The number of carbonyl (C=O) groups is 2. The van der Waals surface area contributed by atoms with Gasteiger partial charge in [0.25, 0.3) is 10.1 Å². The van der Waals surface area contributed by atoms with E-state index in [1.807, 2.05) is 0 Å². The third-order valence-electron chi connectivity index (χ3n) is 3.58. The summed E-state index contributed by atoms with van der Waals surface area (Å²) in [6.07, 6.45) is 2.56. The highest BCUT2D eigenvalue weighted by Gasteiger charge is 2.10. The molecule has 1 heterocycles. The molecule has 3 N–H and O–H groups in total. The van der Waals surface area contributed by atoms with E-state index in [0.29, 0.717) is 5.56 Å². The summed E-state index contributed by atoms with van der Waals surface area (Å²) in [6, 6.07) is 11.4. The van der Waals surface area contributed by atoms with Crippen LogP contribution in [-0.4, -0.2) is 48.3 Å². The molecule has 1 aliphatic rings. The minimum absolute atomic E-state index is 0.0111. The summed E-state index contributed by atoms with van der Waals surface area (Å²) in [6.45, 7) is 3.62. The lowest BCUT2D eigenvalue weighted by atomic mass is 10.1. The van der Waals surface area contributed by atoms with E-state index in [1.165, 1.54) is 37.1 Å². The van der Waals surface area contributed by atoms with E-state index >= 15 is 0 Å². The van der Waals surface area contributed by atoms with Crippen LogP contribution in [0.25, 0.3) is 0 Å². The van der Waals surface area contributed by atoms with Crippen molar-refractivity contribution < 1.29 is 37.5 Å². The minimum atomic E-state index is -4.00. The SMILES string of the molecule is C1CCOC1.Cc1ccc(C(=O)O)cc1C(=O)O.O=S(=O)(O)c1ccccc1. The lowest BCUT2D eigenvalue weighted by molar-refractivity contribution is 0.0695. The van der Waals surface area contributed by atoms with Crippen LogP contribution >= 0.6 is 0 Å². The molecule has 0 aliphatic carbocycles. The van der Waals surface area contributed by atoms with Crippen molar-refractivity contribution in [3.05, 3.63) is 65.2 Å². The third kappa shape index (κ3) is 8.30. The molecular formula is C19H22O8S. The van der Waals surface area contributed by atoms with Gasteiger partial charge in [-0.25, -0.2) is 9.59 Å². The fourth-order valence-electron chi connectivity index (χ4n) is 2.09. The molecule has 2 aromatic rings. The number of ether oxygens (including phenoxy) is 1. The van der Waals surface area contributed by atoms with Crippen molar-refractivity contribution >= 4 is 22.1 Å². The average molecular weight is 410 g/mol. The maximum Gasteiger partial charge on any atom is 0.335 e. The van der Waals surface area contributed by atoms with Crippen molar-refractivity contribution in [2.45, 2.75) is 24.7 Å². The molecular weight excluding hydrogens is 388 g/mol. The first kappa shape index (κ1) is 23.3. The van der Waals surface area contributed by atoms with Crippen LogP contribution in [0.4, 0.5) is 0 Å². The van der Waals surface area contributed by atoms with Gasteiger partial charge in [-0.3, -0.25) is 4.55 Å². The maximum absolute atomic E-state index is 10.6. The van der Waals surface area contributed by atoms with Gasteiger partial charge in [-0.2, -0.15) is 8.42 Å². The first-order valence-electron chi connectivity index (χ1n) is 8.30. The highest BCUT2D eigenvalue weighted by molar-refractivity contribution is 7.85. The van der Waals surface area contributed by atoms with Crippen LogP contribution in [0.15, 0.2) is 53.4 Å². The normalized spacial score (nSPS) is 12.8. The van der Waals surface area contributed by atoms with E-state index in [9.17, 15) is 18.0 Å². The lowest BCUT2D eigenvalue weighted by Gasteiger charge is -2.01. The Morgan fingerprint density at radius 3 is 1.86 bits per heavy atom. The molecule has 0 spiro atoms. The van der Waals surface area contributed by atoms with Crippen molar-refractivity contribution in [3.63, 3.8) is 0 Å². The molecule has 2 aromatic carbocycles. The number of aromatic carboxylic acids is 2. The van der Waals surface area contributed by atoms with Crippen LogP contribution in [0.2, 0.25) is 0 Å². The Morgan fingerprint density at radius 1 is 0.929 bits per heavy atom. The molecule has 0 radical (unpaired) electrons. The van der Waals surface area contributed by atoms with Gasteiger partial charge in [0.15, 0.2) is 0 Å². The molecule has 3 rings (SSSR count). The second kappa shape index (κ2) is 11.2. The Hall–Kier alpha value is -2.75. The first-order chi connectivity index (χ1) is 13.1. The predicted molar refractivity (Wildman–Crippen MR) is 101 cm³/mol. The van der Waals surface area contributed by atoms with E-state index in [4.69, 9.17) is 19.5 Å². The lowest BCUT2D eigenvalue weighted by Crippen LogP contribution is -2.03. The van der Waals surface area contributed by atoms with E-state index < -0.39 is 22.1 Å². The highest BCUT2D eigenvalue weighted by Crippen LogP contribution is 2.11. The number of carboxylic acids is 2. The molecule has 0 atom stereocenters. The van der Waals surface area contributed by atoms with Gasteiger partial charge in [-0.05, 0) is 49.6 Å². The topological polar surface area (TPSA) is 138 Å². The van der Waals surface area contributed by atoms with Crippen LogP contribution in [-0.2, 0) is 14.9 Å². The van der Waals surface area contributed by atoms with Gasteiger partial charge < -0.3 is 14.9 Å². The number of hydrogen-bond acceptors (Lipinski definition) is 5. The molecule has 0 amide bonds. The van der Waals surface area contributed by atoms with Crippen LogP contribution in [0, 0.1) is 6.92 Å². The van der Waals surface area contributed by atoms with Crippen molar-refractivity contribution in [1.82, 2.24) is 0 Å². The summed E-state index contributed by atoms with van der Waals surface area (Å²) in [4.78, 5) is 21.0. The summed E-state index contributed by atoms with van der Waals surface area (Å²) >= 11 is 0. The smallest absolute Gasteiger partial charge is 0.335 e. The number of aryl methyl sites for hydroxylation is 1. The molecule has 0 unspecified atom stereocenters. The maximum atomic E-state index is 10.6. The van der Waals surface area contributed by atoms with Crippen molar-refractivity contribution in [1.29, 1.82) is 0 Å². The quantitative estimate of drug-likeness (QED) is 0.656. The zero-order chi connectivity index (χ0) is 21.2. The van der Waals surface area contributed by atoms with Crippen LogP contribution in [0.1, 0.15) is 39.1 Å². The predicted octanol–water partition coefficient (Wildman–Crippen LogP) is 3.12. The molecule has 9 heteroatoms. The Labute approximate surface area is 163 Å². The number of rotatable bonds is 3. The molecule has 152 valence electrons. The second-order valence-electron chi connectivity index (χ2n) is 5.75. The summed E-state index contributed by atoms with van der Waals surface area (Å²) in [5.41, 5.74) is 0.570. The van der Waals surface area contributed by atoms with Crippen molar-refractivity contribution in [2.75, 3.05) is 13.2 Å². The molecule has 0 aromatic heterocycles. The van der Waals surface area contributed by atoms with Gasteiger partial charge in [0.1, 0.15) is 0 Å². The third-order valence-corrected chi connectivity index (χ3v) is 4.45. The van der Waals surface area contributed by atoms with Gasteiger partial charge in [0, 0.05) is 13.2 Å². The van der Waals surface area contributed by atoms with Crippen LogP contribution < -0.4 is 0 Å². The summed E-state index contributed by atoms with van der Waals surface area (Å²) in [5, 5.41) is 17.3. The van der Waals surface area contributed by atoms with E-state index in [0.717, 1.165) is 19.3 Å². The van der Waals surface area contributed by atoms with Crippen LogP contribution in [0.3, 0.4) is 0 Å². The number of benzene rings is 2. The van der Waals surface area contributed by atoms with Gasteiger partial charge in [-0.15, -0.1) is 0 Å². The van der Waals surface area contributed by atoms with Gasteiger partial charge >= 0.3 is 11.9 Å². The molecule has 0 saturated carbocycles.